The number of rotatable bonds is 16. The van der Waals surface area contributed by atoms with Gasteiger partial charge in [0.2, 0.25) is 0 Å². The van der Waals surface area contributed by atoms with Crippen molar-refractivity contribution >= 4 is 11.9 Å². The second-order valence-electron chi connectivity index (χ2n) is 6.49. The summed E-state index contributed by atoms with van der Waals surface area (Å²) in [5.74, 6) is -0.889. The first-order valence-corrected chi connectivity index (χ1v) is 9.60. The average Bonchev–Trinajstić information content (AvgIpc) is 2.52. The molecule has 1 atom stereocenters. The SMILES string of the molecule is CCCCCCC(C/C=C\CCCCCCCC(=O)O)OC(C)=O. The van der Waals surface area contributed by atoms with Gasteiger partial charge in [0.1, 0.15) is 6.10 Å². The molecule has 0 bridgehead atoms. The molecule has 1 N–H and O–H groups in total. The molecule has 24 heavy (non-hydrogen) atoms. The quantitative estimate of drug-likeness (QED) is 0.224. The Kier molecular flexibility index (Phi) is 15.6. The van der Waals surface area contributed by atoms with Crippen molar-refractivity contribution in [2.75, 3.05) is 0 Å². The molecule has 0 aliphatic rings. The van der Waals surface area contributed by atoms with Crippen molar-refractivity contribution in [2.45, 2.75) is 103 Å². The van der Waals surface area contributed by atoms with Crippen LogP contribution in [0.1, 0.15) is 97.3 Å². The van der Waals surface area contributed by atoms with Crippen molar-refractivity contribution in [1.82, 2.24) is 0 Å². The normalized spacial score (nSPS) is 12.4. The molecule has 0 aliphatic carbocycles. The van der Waals surface area contributed by atoms with E-state index < -0.39 is 5.97 Å². The molecule has 0 aromatic heterocycles. The lowest BCUT2D eigenvalue weighted by Gasteiger charge is -2.15. The molecule has 4 heteroatoms. The largest absolute Gasteiger partial charge is 0.481 e. The minimum atomic E-state index is -0.699. The van der Waals surface area contributed by atoms with Crippen LogP contribution in [0.5, 0.6) is 0 Å². The number of carboxylic acids is 1. The molecule has 0 aromatic carbocycles. The highest BCUT2D eigenvalue weighted by molar-refractivity contribution is 5.66. The number of hydrogen-bond acceptors (Lipinski definition) is 3. The number of carboxylic acid groups (broad SMARTS) is 1. The number of ether oxygens (including phenoxy) is 1. The van der Waals surface area contributed by atoms with Crippen molar-refractivity contribution in [1.29, 1.82) is 0 Å². The number of unbranched alkanes of at least 4 members (excludes halogenated alkanes) is 8. The van der Waals surface area contributed by atoms with Crippen molar-refractivity contribution < 1.29 is 19.4 Å². The Balaban J connectivity index is 3.69. The predicted octanol–water partition coefficient (Wildman–Crippen LogP) is 5.65. The molecule has 4 nitrogen and oxygen atoms in total. The number of carbonyl (C=O) groups excluding carboxylic acids is 1. The summed E-state index contributed by atoms with van der Waals surface area (Å²) in [4.78, 5) is 21.5. The summed E-state index contributed by atoms with van der Waals surface area (Å²) in [6.07, 6.45) is 17.4. The lowest BCUT2D eigenvalue weighted by atomic mass is 10.1. The summed E-state index contributed by atoms with van der Waals surface area (Å²) < 4.78 is 5.38. The molecule has 0 aromatic rings. The Bertz CT molecular complexity index is 350. The minimum Gasteiger partial charge on any atom is -0.481 e. The molecule has 0 saturated carbocycles. The summed E-state index contributed by atoms with van der Waals surface area (Å²) in [6, 6.07) is 0. The number of esters is 1. The first-order chi connectivity index (χ1) is 11.6. The minimum absolute atomic E-state index is 0.0200. The van der Waals surface area contributed by atoms with Gasteiger partial charge in [-0.3, -0.25) is 9.59 Å². The Morgan fingerprint density at radius 1 is 0.958 bits per heavy atom. The van der Waals surface area contributed by atoms with Gasteiger partial charge in [0, 0.05) is 19.8 Å². The monoisotopic (exact) mass is 340 g/mol. The third-order valence-electron chi connectivity index (χ3n) is 4.04. The van der Waals surface area contributed by atoms with Gasteiger partial charge in [-0.05, 0) is 32.1 Å². The number of hydrogen-bond donors (Lipinski definition) is 1. The number of carbonyl (C=O) groups is 2. The highest BCUT2D eigenvalue weighted by Gasteiger charge is 2.09. The average molecular weight is 341 g/mol. The van der Waals surface area contributed by atoms with Crippen molar-refractivity contribution in [3.05, 3.63) is 12.2 Å². The first kappa shape index (κ1) is 22.7. The lowest BCUT2D eigenvalue weighted by molar-refractivity contribution is -0.146. The van der Waals surface area contributed by atoms with E-state index in [-0.39, 0.29) is 18.5 Å². The summed E-state index contributed by atoms with van der Waals surface area (Å²) >= 11 is 0. The summed E-state index contributed by atoms with van der Waals surface area (Å²) in [5, 5.41) is 8.55. The molecule has 1 unspecified atom stereocenters. The van der Waals surface area contributed by atoms with Gasteiger partial charge < -0.3 is 9.84 Å². The van der Waals surface area contributed by atoms with Crippen molar-refractivity contribution in [2.24, 2.45) is 0 Å². The van der Waals surface area contributed by atoms with E-state index in [1.165, 1.54) is 26.2 Å². The van der Waals surface area contributed by atoms with Crippen LogP contribution in [0.2, 0.25) is 0 Å². The summed E-state index contributed by atoms with van der Waals surface area (Å²) in [5.41, 5.74) is 0. The maximum absolute atomic E-state index is 11.2. The predicted molar refractivity (Wildman–Crippen MR) is 98.0 cm³/mol. The second kappa shape index (κ2) is 16.5. The first-order valence-electron chi connectivity index (χ1n) is 9.60. The molecule has 0 aliphatic heterocycles. The Hall–Kier alpha value is -1.32. The van der Waals surface area contributed by atoms with Crippen LogP contribution in [0.15, 0.2) is 12.2 Å². The fraction of sp³-hybridized carbons (Fsp3) is 0.800. The Morgan fingerprint density at radius 2 is 1.62 bits per heavy atom. The maximum atomic E-state index is 11.2. The van der Waals surface area contributed by atoms with Crippen LogP contribution >= 0.6 is 0 Å². The van der Waals surface area contributed by atoms with Crippen molar-refractivity contribution in [3.8, 4) is 0 Å². The standard InChI is InChI=1S/C20H36O4/c1-3-4-5-12-15-19(24-18(2)21)16-13-10-8-6-7-9-11-14-17-20(22)23/h10,13,19H,3-9,11-12,14-17H2,1-2H3,(H,22,23)/b13-10-. The van der Waals surface area contributed by atoms with E-state index in [0.717, 1.165) is 57.8 Å². The van der Waals surface area contributed by atoms with Gasteiger partial charge in [-0.2, -0.15) is 0 Å². The van der Waals surface area contributed by atoms with Gasteiger partial charge in [-0.15, -0.1) is 0 Å². The van der Waals surface area contributed by atoms with E-state index in [1.54, 1.807) is 0 Å². The van der Waals surface area contributed by atoms with Crippen LogP contribution in [0, 0.1) is 0 Å². The zero-order valence-corrected chi connectivity index (χ0v) is 15.6. The maximum Gasteiger partial charge on any atom is 0.303 e. The second-order valence-corrected chi connectivity index (χ2v) is 6.49. The van der Waals surface area contributed by atoms with Gasteiger partial charge in [0.25, 0.3) is 0 Å². The number of allylic oxidation sites excluding steroid dienone is 1. The Labute approximate surface area is 147 Å². The zero-order chi connectivity index (χ0) is 18.0. The highest BCUT2D eigenvalue weighted by Crippen LogP contribution is 2.13. The molecule has 0 saturated heterocycles. The molecular weight excluding hydrogens is 304 g/mol. The van der Waals surface area contributed by atoms with Gasteiger partial charge in [0.15, 0.2) is 0 Å². The summed E-state index contributed by atoms with van der Waals surface area (Å²) in [6.45, 7) is 3.67. The molecular formula is C20H36O4. The fourth-order valence-electron chi connectivity index (χ4n) is 2.69. The molecule has 0 fully saturated rings. The van der Waals surface area contributed by atoms with Gasteiger partial charge in [-0.1, -0.05) is 57.6 Å². The van der Waals surface area contributed by atoms with Crippen LogP contribution in [0.4, 0.5) is 0 Å². The van der Waals surface area contributed by atoms with Crippen LogP contribution in [-0.2, 0) is 14.3 Å². The van der Waals surface area contributed by atoms with Crippen LogP contribution in [0.25, 0.3) is 0 Å². The van der Waals surface area contributed by atoms with E-state index in [9.17, 15) is 9.59 Å². The van der Waals surface area contributed by atoms with E-state index in [0.29, 0.717) is 0 Å². The van der Waals surface area contributed by atoms with Crippen LogP contribution < -0.4 is 0 Å². The summed E-state index contributed by atoms with van der Waals surface area (Å²) in [7, 11) is 0. The molecule has 0 amide bonds. The van der Waals surface area contributed by atoms with E-state index in [1.807, 2.05) is 0 Å². The topological polar surface area (TPSA) is 63.6 Å². The van der Waals surface area contributed by atoms with E-state index in [4.69, 9.17) is 9.84 Å². The lowest BCUT2D eigenvalue weighted by Crippen LogP contribution is -2.15. The third kappa shape index (κ3) is 17.0. The van der Waals surface area contributed by atoms with Crippen molar-refractivity contribution in [3.63, 3.8) is 0 Å². The van der Waals surface area contributed by atoms with Gasteiger partial charge in [0.05, 0.1) is 0 Å². The van der Waals surface area contributed by atoms with Gasteiger partial charge >= 0.3 is 11.9 Å². The van der Waals surface area contributed by atoms with E-state index >= 15 is 0 Å². The zero-order valence-electron chi connectivity index (χ0n) is 15.6. The molecule has 0 radical (unpaired) electrons. The van der Waals surface area contributed by atoms with Crippen LogP contribution in [-0.4, -0.2) is 23.1 Å². The number of aliphatic carboxylic acids is 1. The molecule has 0 spiro atoms. The molecule has 0 heterocycles. The Morgan fingerprint density at radius 3 is 2.29 bits per heavy atom. The third-order valence-corrected chi connectivity index (χ3v) is 4.04. The van der Waals surface area contributed by atoms with Gasteiger partial charge in [-0.25, -0.2) is 0 Å². The smallest absolute Gasteiger partial charge is 0.303 e. The molecule has 140 valence electrons. The van der Waals surface area contributed by atoms with E-state index in [2.05, 4.69) is 19.1 Å². The molecule has 0 rings (SSSR count). The van der Waals surface area contributed by atoms with Crippen LogP contribution in [0.3, 0.4) is 0 Å². The fourth-order valence-corrected chi connectivity index (χ4v) is 2.69. The highest BCUT2D eigenvalue weighted by atomic mass is 16.5.